The van der Waals surface area contributed by atoms with Gasteiger partial charge < -0.3 is 0 Å². The summed E-state index contributed by atoms with van der Waals surface area (Å²) in [6.07, 6.45) is 0.167. The lowest BCUT2D eigenvalue weighted by Crippen LogP contribution is -2.17. The molecule has 32 heavy (non-hydrogen) atoms. The largest absolute Gasteiger partial charge is 0.408 e. The van der Waals surface area contributed by atoms with E-state index in [4.69, 9.17) is 0 Å². The van der Waals surface area contributed by atoms with Crippen molar-refractivity contribution in [3.05, 3.63) is 54.4 Å². The smallest absolute Gasteiger partial charge is 0.263 e. The Balaban J connectivity index is 1.72. The van der Waals surface area contributed by atoms with Gasteiger partial charge in [-0.1, -0.05) is 37.3 Å². The van der Waals surface area contributed by atoms with E-state index in [1.165, 1.54) is 35.9 Å². The first kappa shape index (κ1) is 22.5. The zero-order chi connectivity index (χ0) is 23.0. The molecule has 0 bridgehead atoms. The van der Waals surface area contributed by atoms with Crippen LogP contribution in [0.1, 0.15) is 19.5 Å². The number of aromatic nitrogens is 5. The quantitative estimate of drug-likeness (QED) is 0.237. The van der Waals surface area contributed by atoms with Crippen LogP contribution in [0.2, 0.25) is 0 Å². The van der Waals surface area contributed by atoms with Gasteiger partial charge in [0.2, 0.25) is 5.13 Å². The average molecular weight is 482 g/mol. The molecule has 4 aromatic rings. The molecular weight excluding hydrogens is 462 g/mol. The molecule has 0 atom stereocenters. The van der Waals surface area contributed by atoms with E-state index in [-0.39, 0.29) is 11.1 Å². The SMILES string of the molecule is Cc1nn(-c2nc(-c3cnn(CC(F)(F)F)c3)c(SC(C)C)s2)cc1-c1cccc(F)c1. The summed E-state index contributed by atoms with van der Waals surface area (Å²) in [5, 5.41) is 9.18. The monoisotopic (exact) mass is 481 g/mol. The van der Waals surface area contributed by atoms with Crippen molar-refractivity contribution in [1.29, 1.82) is 0 Å². The van der Waals surface area contributed by atoms with E-state index >= 15 is 0 Å². The molecule has 0 aliphatic heterocycles. The van der Waals surface area contributed by atoms with Gasteiger partial charge in [0.05, 0.1) is 16.1 Å². The van der Waals surface area contributed by atoms with Crippen LogP contribution >= 0.6 is 23.1 Å². The average Bonchev–Trinajstić information content (AvgIpc) is 3.38. The van der Waals surface area contributed by atoms with Crippen LogP contribution in [0.4, 0.5) is 17.6 Å². The van der Waals surface area contributed by atoms with Crippen LogP contribution in [0.15, 0.2) is 47.1 Å². The number of rotatable bonds is 6. The summed E-state index contributed by atoms with van der Waals surface area (Å²) in [4.78, 5) is 4.67. The van der Waals surface area contributed by atoms with Gasteiger partial charge in [-0.05, 0) is 24.6 Å². The van der Waals surface area contributed by atoms with E-state index in [2.05, 4.69) is 15.2 Å². The van der Waals surface area contributed by atoms with E-state index in [9.17, 15) is 17.6 Å². The number of aryl methyl sites for hydroxylation is 1. The summed E-state index contributed by atoms with van der Waals surface area (Å²) >= 11 is 2.97. The Kier molecular flexibility index (Phi) is 6.13. The molecule has 0 saturated carbocycles. The fourth-order valence-electron chi connectivity index (χ4n) is 3.12. The summed E-state index contributed by atoms with van der Waals surface area (Å²) in [7, 11) is 0. The molecule has 0 amide bonds. The number of hydrogen-bond acceptors (Lipinski definition) is 5. The van der Waals surface area contributed by atoms with Gasteiger partial charge in [0.1, 0.15) is 18.1 Å². The summed E-state index contributed by atoms with van der Waals surface area (Å²) in [6.45, 7) is 4.73. The third-order valence-corrected chi connectivity index (χ3v) is 6.66. The molecule has 0 aliphatic carbocycles. The van der Waals surface area contributed by atoms with Gasteiger partial charge in [-0.2, -0.15) is 23.4 Å². The maximum absolute atomic E-state index is 13.7. The van der Waals surface area contributed by atoms with Gasteiger partial charge in [-0.15, -0.1) is 11.8 Å². The number of hydrogen-bond donors (Lipinski definition) is 0. The minimum Gasteiger partial charge on any atom is -0.263 e. The zero-order valence-corrected chi connectivity index (χ0v) is 19.0. The summed E-state index contributed by atoms with van der Waals surface area (Å²) < 4.78 is 55.2. The highest BCUT2D eigenvalue weighted by atomic mass is 32.2. The van der Waals surface area contributed by atoms with E-state index in [1.807, 2.05) is 20.8 Å². The summed E-state index contributed by atoms with van der Waals surface area (Å²) in [6, 6.07) is 6.26. The van der Waals surface area contributed by atoms with Gasteiger partial charge in [-0.3, -0.25) is 4.68 Å². The second-order valence-corrected chi connectivity index (χ2v) is 10.2. The molecule has 168 valence electrons. The molecule has 0 N–H and O–H groups in total. The van der Waals surface area contributed by atoms with Crippen LogP contribution in [0, 0.1) is 12.7 Å². The first-order valence-corrected chi connectivity index (χ1v) is 11.4. The van der Waals surface area contributed by atoms with Gasteiger partial charge in [0.25, 0.3) is 0 Å². The van der Waals surface area contributed by atoms with E-state index in [1.54, 1.807) is 34.8 Å². The highest BCUT2D eigenvalue weighted by Crippen LogP contribution is 2.40. The van der Waals surface area contributed by atoms with Crippen molar-refractivity contribution in [1.82, 2.24) is 24.5 Å². The number of alkyl halides is 3. The van der Waals surface area contributed by atoms with Crippen molar-refractivity contribution in [3.63, 3.8) is 0 Å². The lowest BCUT2D eigenvalue weighted by molar-refractivity contribution is -0.142. The van der Waals surface area contributed by atoms with Crippen molar-refractivity contribution in [2.24, 2.45) is 0 Å². The van der Waals surface area contributed by atoms with Gasteiger partial charge in [0.15, 0.2) is 0 Å². The third kappa shape index (κ3) is 5.04. The number of thioether (sulfide) groups is 1. The normalized spacial score (nSPS) is 12.1. The summed E-state index contributed by atoms with van der Waals surface area (Å²) in [5.74, 6) is -0.335. The first-order chi connectivity index (χ1) is 15.1. The molecule has 4 rings (SSSR count). The van der Waals surface area contributed by atoms with Gasteiger partial charge in [0, 0.05) is 28.8 Å². The van der Waals surface area contributed by atoms with Gasteiger partial charge >= 0.3 is 6.18 Å². The Labute approximate surface area is 190 Å². The van der Waals surface area contributed by atoms with Crippen molar-refractivity contribution >= 4 is 23.1 Å². The summed E-state index contributed by atoms with van der Waals surface area (Å²) in [5.41, 5.74) is 3.27. The second kappa shape index (κ2) is 8.70. The lowest BCUT2D eigenvalue weighted by Gasteiger charge is -2.05. The Morgan fingerprint density at radius 3 is 2.62 bits per heavy atom. The highest BCUT2D eigenvalue weighted by Gasteiger charge is 2.29. The van der Waals surface area contributed by atoms with Crippen molar-refractivity contribution in [2.45, 2.75) is 43.0 Å². The molecule has 0 radical (unpaired) electrons. The molecule has 3 aromatic heterocycles. The first-order valence-electron chi connectivity index (χ1n) is 9.68. The van der Waals surface area contributed by atoms with Crippen molar-refractivity contribution in [3.8, 4) is 27.5 Å². The predicted molar refractivity (Wildman–Crippen MR) is 118 cm³/mol. The van der Waals surface area contributed by atoms with Crippen molar-refractivity contribution in [2.75, 3.05) is 0 Å². The van der Waals surface area contributed by atoms with Crippen LogP contribution in [0.3, 0.4) is 0 Å². The van der Waals surface area contributed by atoms with Gasteiger partial charge in [-0.25, -0.2) is 14.1 Å². The van der Waals surface area contributed by atoms with Crippen LogP contribution in [0.25, 0.3) is 27.5 Å². The Morgan fingerprint density at radius 2 is 1.94 bits per heavy atom. The predicted octanol–water partition coefficient (Wildman–Crippen LogP) is 6.37. The molecule has 0 spiro atoms. The Morgan fingerprint density at radius 1 is 1.16 bits per heavy atom. The maximum Gasteiger partial charge on any atom is 0.408 e. The molecule has 5 nitrogen and oxygen atoms in total. The fraction of sp³-hybridized carbons (Fsp3) is 0.286. The number of halogens is 4. The minimum absolute atomic E-state index is 0.245. The zero-order valence-electron chi connectivity index (χ0n) is 17.4. The number of thiazole rings is 1. The Hall–Kier alpha value is -2.66. The topological polar surface area (TPSA) is 48.5 Å². The lowest BCUT2D eigenvalue weighted by atomic mass is 10.1. The fourth-order valence-corrected chi connectivity index (χ4v) is 5.57. The molecule has 0 aliphatic rings. The van der Waals surface area contributed by atoms with Crippen LogP contribution < -0.4 is 0 Å². The molecule has 3 heterocycles. The number of benzene rings is 1. The van der Waals surface area contributed by atoms with Crippen LogP contribution in [-0.4, -0.2) is 36.0 Å². The van der Waals surface area contributed by atoms with Crippen LogP contribution in [-0.2, 0) is 6.54 Å². The number of nitrogens with zero attached hydrogens (tertiary/aromatic N) is 5. The maximum atomic E-state index is 13.7. The second-order valence-electron chi connectivity index (χ2n) is 7.42. The minimum atomic E-state index is -4.36. The molecular formula is C21H19F4N5S2. The third-order valence-electron chi connectivity index (χ3n) is 4.41. The molecule has 11 heteroatoms. The standard InChI is InChI=1S/C21H19F4N5S2/c1-12(2)31-19-18(15-8-26-29(9-15)11-21(23,24)25)27-20(32-19)30-10-17(13(3)28-30)14-5-4-6-16(22)7-14/h4-10,12H,11H2,1-3H3. The Bertz CT molecular complexity index is 1240. The molecule has 0 unspecified atom stereocenters. The van der Waals surface area contributed by atoms with E-state index in [0.29, 0.717) is 27.6 Å². The van der Waals surface area contributed by atoms with Crippen LogP contribution in [0.5, 0.6) is 0 Å². The van der Waals surface area contributed by atoms with Crippen molar-refractivity contribution < 1.29 is 17.6 Å². The molecule has 0 fully saturated rings. The van der Waals surface area contributed by atoms with E-state index in [0.717, 1.165) is 14.5 Å². The highest BCUT2D eigenvalue weighted by molar-refractivity contribution is 8.01. The molecule has 0 saturated heterocycles. The molecule has 1 aromatic carbocycles. The van der Waals surface area contributed by atoms with E-state index < -0.39 is 12.7 Å².